The standard InChI is InChI=1S/C11H21N5O3S/c1-5-16-9(8(12)6-14-16)10(17)13-7-11(2,3)15-20(4,18)19/h6,15H,5,7,12H2,1-4H3,(H,13,17). The van der Waals surface area contributed by atoms with Crippen LogP contribution in [0.5, 0.6) is 0 Å². The van der Waals surface area contributed by atoms with Crippen LogP contribution in [0.2, 0.25) is 0 Å². The second kappa shape index (κ2) is 5.80. The number of hydrogen-bond donors (Lipinski definition) is 3. The van der Waals surface area contributed by atoms with E-state index in [2.05, 4.69) is 15.1 Å². The van der Waals surface area contributed by atoms with Crippen molar-refractivity contribution in [1.82, 2.24) is 19.8 Å². The van der Waals surface area contributed by atoms with Crippen LogP contribution in [-0.2, 0) is 16.6 Å². The van der Waals surface area contributed by atoms with Crippen LogP contribution >= 0.6 is 0 Å². The van der Waals surface area contributed by atoms with Crippen LogP contribution in [-0.4, -0.2) is 42.4 Å². The number of anilines is 1. The van der Waals surface area contributed by atoms with Gasteiger partial charge in [0, 0.05) is 18.6 Å². The zero-order valence-electron chi connectivity index (χ0n) is 12.1. The molecule has 0 atom stereocenters. The van der Waals surface area contributed by atoms with Gasteiger partial charge in [0.1, 0.15) is 5.69 Å². The van der Waals surface area contributed by atoms with E-state index in [0.717, 1.165) is 6.26 Å². The predicted octanol–water partition coefficient (Wildman–Crippen LogP) is -0.457. The van der Waals surface area contributed by atoms with Crippen molar-refractivity contribution in [1.29, 1.82) is 0 Å². The number of nitrogens with one attached hydrogen (secondary N) is 2. The first-order valence-electron chi connectivity index (χ1n) is 6.14. The Bertz CT molecular complexity index is 591. The maximum Gasteiger partial charge on any atom is 0.271 e. The highest BCUT2D eigenvalue weighted by Crippen LogP contribution is 2.11. The van der Waals surface area contributed by atoms with Crippen LogP contribution in [0.3, 0.4) is 0 Å². The summed E-state index contributed by atoms with van der Waals surface area (Å²) in [6.07, 6.45) is 2.49. The van der Waals surface area contributed by atoms with Crippen molar-refractivity contribution in [2.24, 2.45) is 0 Å². The maximum absolute atomic E-state index is 12.1. The first-order valence-corrected chi connectivity index (χ1v) is 8.03. The molecule has 0 bridgehead atoms. The lowest BCUT2D eigenvalue weighted by Crippen LogP contribution is -2.51. The average Bonchev–Trinajstić information content (AvgIpc) is 2.64. The van der Waals surface area contributed by atoms with Crippen LogP contribution < -0.4 is 15.8 Å². The largest absolute Gasteiger partial charge is 0.396 e. The number of sulfonamides is 1. The van der Waals surface area contributed by atoms with Gasteiger partial charge in [-0.2, -0.15) is 5.10 Å². The summed E-state index contributed by atoms with van der Waals surface area (Å²) in [5, 5.41) is 6.64. The minimum atomic E-state index is -3.35. The SMILES string of the molecule is CCn1ncc(N)c1C(=O)NCC(C)(C)NS(C)(=O)=O. The molecule has 0 spiro atoms. The third kappa shape index (κ3) is 4.49. The number of nitrogens with two attached hydrogens (primary N) is 1. The Balaban J connectivity index is 2.75. The molecule has 1 rings (SSSR count). The van der Waals surface area contributed by atoms with Gasteiger partial charge in [0.15, 0.2) is 0 Å². The number of carbonyl (C=O) groups excluding carboxylic acids is 1. The summed E-state index contributed by atoms with van der Waals surface area (Å²) in [6, 6.07) is 0. The molecule has 1 amide bonds. The topological polar surface area (TPSA) is 119 Å². The van der Waals surface area contributed by atoms with Crippen molar-refractivity contribution < 1.29 is 13.2 Å². The highest BCUT2D eigenvalue weighted by molar-refractivity contribution is 7.88. The number of carbonyl (C=O) groups is 1. The van der Waals surface area contributed by atoms with Gasteiger partial charge in [0.05, 0.1) is 18.1 Å². The lowest BCUT2D eigenvalue weighted by atomic mass is 10.1. The average molecular weight is 303 g/mol. The van der Waals surface area contributed by atoms with Gasteiger partial charge < -0.3 is 11.1 Å². The summed E-state index contributed by atoms with van der Waals surface area (Å²) in [4.78, 5) is 12.1. The number of amides is 1. The van der Waals surface area contributed by atoms with Gasteiger partial charge in [-0.25, -0.2) is 13.1 Å². The summed E-state index contributed by atoms with van der Waals surface area (Å²) in [6.45, 7) is 5.85. The Hall–Kier alpha value is -1.61. The van der Waals surface area contributed by atoms with E-state index in [-0.39, 0.29) is 18.1 Å². The van der Waals surface area contributed by atoms with Gasteiger partial charge in [-0.1, -0.05) is 0 Å². The summed E-state index contributed by atoms with van der Waals surface area (Å²) >= 11 is 0. The van der Waals surface area contributed by atoms with Gasteiger partial charge in [0.2, 0.25) is 10.0 Å². The summed E-state index contributed by atoms with van der Waals surface area (Å²) in [7, 11) is -3.35. The molecule has 0 aromatic carbocycles. The molecule has 0 saturated carbocycles. The smallest absolute Gasteiger partial charge is 0.271 e. The minimum Gasteiger partial charge on any atom is -0.396 e. The van der Waals surface area contributed by atoms with Gasteiger partial charge >= 0.3 is 0 Å². The van der Waals surface area contributed by atoms with E-state index in [4.69, 9.17) is 5.73 Å². The molecule has 0 aliphatic rings. The molecule has 0 aliphatic heterocycles. The van der Waals surface area contributed by atoms with Gasteiger partial charge in [0.25, 0.3) is 5.91 Å². The quantitative estimate of drug-likeness (QED) is 0.657. The van der Waals surface area contributed by atoms with Crippen LogP contribution in [0.15, 0.2) is 6.20 Å². The summed E-state index contributed by atoms with van der Waals surface area (Å²) < 4.78 is 26.4. The number of nitrogen functional groups attached to an aromatic ring is 1. The first-order chi connectivity index (χ1) is 9.06. The van der Waals surface area contributed by atoms with E-state index in [1.54, 1.807) is 13.8 Å². The van der Waals surface area contributed by atoms with Crippen molar-refractivity contribution in [3.05, 3.63) is 11.9 Å². The fourth-order valence-electron chi connectivity index (χ4n) is 1.81. The molecule has 1 aromatic heterocycles. The van der Waals surface area contributed by atoms with Crippen molar-refractivity contribution in [3.63, 3.8) is 0 Å². The Kier molecular flexibility index (Phi) is 4.77. The molecule has 0 fully saturated rings. The highest BCUT2D eigenvalue weighted by atomic mass is 32.2. The fraction of sp³-hybridized carbons (Fsp3) is 0.636. The zero-order chi connectivity index (χ0) is 15.6. The van der Waals surface area contributed by atoms with Crippen molar-refractivity contribution >= 4 is 21.6 Å². The van der Waals surface area contributed by atoms with E-state index in [1.807, 2.05) is 6.92 Å². The molecular weight excluding hydrogens is 282 g/mol. The number of nitrogens with zero attached hydrogens (tertiary/aromatic N) is 2. The molecule has 1 heterocycles. The first kappa shape index (κ1) is 16.4. The Morgan fingerprint density at radius 1 is 1.50 bits per heavy atom. The fourth-order valence-corrected chi connectivity index (χ4v) is 2.89. The molecule has 20 heavy (non-hydrogen) atoms. The second-order valence-electron chi connectivity index (χ2n) is 5.21. The molecule has 0 aliphatic carbocycles. The number of hydrogen-bond acceptors (Lipinski definition) is 5. The van der Waals surface area contributed by atoms with Gasteiger partial charge in [-0.3, -0.25) is 9.48 Å². The lowest BCUT2D eigenvalue weighted by Gasteiger charge is -2.25. The molecule has 0 unspecified atom stereocenters. The monoisotopic (exact) mass is 303 g/mol. The van der Waals surface area contributed by atoms with Crippen molar-refractivity contribution in [3.8, 4) is 0 Å². The van der Waals surface area contributed by atoms with Crippen molar-refractivity contribution in [2.75, 3.05) is 18.5 Å². The molecule has 9 heteroatoms. The Morgan fingerprint density at radius 3 is 2.60 bits per heavy atom. The zero-order valence-corrected chi connectivity index (χ0v) is 12.9. The molecule has 4 N–H and O–H groups in total. The number of aryl methyl sites for hydroxylation is 1. The Labute approximate surface area is 118 Å². The molecule has 0 radical (unpaired) electrons. The molecule has 0 saturated heterocycles. The number of rotatable bonds is 6. The summed E-state index contributed by atoms with van der Waals surface area (Å²) in [5.41, 5.74) is 5.48. The van der Waals surface area contributed by atoms with E-state index >= 15 is 0 Å². The number of aromatic nitrogens is 2. The van der Waals surface area contributed by atoms with Crippen molar-refractivity contribution in [2.45, 2.75) is 32.9 Å². The van der Waals surface area contributed by atoms with Gasteiger partial charge in [-0.15, -0.1) is 0 Å². The van der Waals surface area contributed by atoms with E-state index in [9.17, 15) is 13.2 Å². The maximum atomic E-state index is 12.1. The predicted molar refractivity (Wildman–Crippen MR) is 76.7 cm³/mol. The lowest BCUT2D eigenvalue weighted by molar-refractivity contribution is 0.0934. The third-order valence-corrected chi connectivity index (χ3v) is 3.46. The van der Waals surface area contributed by atoms with Crippen LogP contribution in [0.25, 0.3) is 0 Å². The molecule has 114 valence electrons. The molecule has 8 nitrogen and oxygen atoms in total. The second-order valence-corrected chi connectivity index (χ2v) is 6.95. The third-order valence-electron chi connectivity index (χ3n) is 2.53. The van der Waals surface area contributed by atoms with Gasteiger partial charge in [-0.05, 0) is 20.8 Å². The molecular formula is C11H21N5O3S. The molecule has 1 aromatic rings. The van der Waals surface area contributed by atoms with Crippen LogP contribution in [0.4, 0.5) is 5.69 Å². The van der Waals surface area contributed by atoms with E-state index < -0.39 is 15.6 Å². The van der Waals surface area contributed by atoms with Crippen LogP contribution in [0.1, 0.15) is 31.3 Å². The summed E-state index contributed by atoms with van der Waals surface area (Å²) in [5.74, 6) is -0.384. The van der Waals surface area contributed by atoms with E-state index in [1.165, 1.54) is 10.9 Å². The minimum absolute atomic E-state index is 0.132. The highest BCUT2D eigenvalue weighted by Gasteiger charge is 2.24. The Morgan fingerprint density at radius 2 is 2.10 bits per heavy atom. The normalized spacial score (nSPS) is 12.4. The van der Waals surface area contributed by atoms with E-state index in [0.29, 0.717) is 12.2 Å². The van der Waals surface area contributed by atoms with Crippen LogP contribution in [0, 0.1) is 0 Å².